The average molecular weight is 455 g/mol. The van der Waals surface area contributed by atoms with Crippen LogP contribution in [0.1, 0.15) is 56.4 Å². The molecule has 0 spiro atoms. The van der Waals surface area contributed by atoms with Gasteiger partial charge in [-0.2, -0.15) is 15.8 Å². The number of ether oxygens (including phenoxy) is 3. The summed E-state index contributed by atoms with van der Waals surface area (Å²) in [5.74, 6) is -2.42. The minimum atomic E-state index is -2.05. The summed E-state index contributed by atoms with van der Waals surface area (Å²) in [6, 6.07) is 20.9. The Morgan fingerprint density at radius 2 is 1.59 bits per heavy atom. The van der Waals surface area contributed by atoms with Crippen LogP contribution < -0.4 is 4.74 Å². The molecule has 0 radical (unpaired) electrons. The molecule has 2 bridgehead atoms. The molecule has 34 heavy (non-hydrogen) atoms. The van der Waals surface area contributed by atoms with Crippen molar-refractivity contribution in [3.8, 4) is 24.0 Å². The van der Waals surface area contributed by atoms with E-state index < -0.39 is 34.5 Å². The van der Waals surface area contributed by atoms with Crippen molar-refractivity contribution in [2.24, 2.45) is 10.8 Å². The third-order valence-corrected chi connectivity index (χ3v) is 7.05. The third kappa shape index (κ3) is 2.86. The van der Waals surface area contributed by atoms with E-state index in [0.29, 0.717) is 16.9 Å². The molecule has 7 heteroatoms. The van der Waals surface area contributed by atoms with Gasteiger partial charge in [0.25, 0.3) is 0 Å². The number of para-hydroxylation sites is 1. The first kappa shape index (κ1) is 23.3. The molecule has 0 amide bonds. The van der Waals surface area contributed by atoms with Crippen molar-refractivity contribution in [3.05, 3.63) is 65.2 Å². The lowest BCUT2D eigenvalue weighted by Gasteiger charge is -2.49. The van der Waals surface area contributed by atoms with Crippen LogP contribution in [0.2, 0.25) is 0 Å². The maximum Gasteiger partial charge on any atom is 0.219 e. The second-order valence-electron chi connectivity index (χ2n) is 9.94. The highest BCUT2D eigenvalue weighted by molar-refractivity contribution is 5.90. The van der Waals surface area contributed by atoms with Gasteiger partial charge in [0, 0.05) is 12.5 Å². The molecule has 0 aromatic heterocycles. The number of nitrogens with zero attached hydrogens (tertiary/aromatic N) is 3. The number of nitriles is 3. The number of rotatable bonds is 3. The van der Waals surface area contributed by atoms with Gasteiger partial charge in [0.1, 0.15) is 11.9 Å². The van der Waals surface area contributed by atoms with Crippen molar-refractivity contribution in [3.63, 3.8) is 0 Å². The molecule has 2 aliphatic heterocycles. The van der Waals surface area contributed by atoms with Gasteiger partial charge in [0.05, 0.1) is 31.2 Å². The van der Waals surface area contributed by atoms with E-state index in [1.54, 1.807) is 31.2 Å². The highest BCUT2D eigenvalue weighted by Crippen LogP contribution is 2.70. The molecule has 172 valence electrons. The van der Waals surface area contributed by atoms with Crippen LogP contribution in [0.25, 0.3) is 0 Å². The van der Waals surface area contributed by atoms with E-state index in [9.17, 15) is 15.8 Å². The van der Waals surface area contributed by atoms with E-state index in [-0.39, 0.29) is 5.41 Å². The van der Waals surface area contributed by atoms with Crippen LogP contribution >= 0.6 is 0 Å². The number of hydrogen-bond acceptors (Lipinski definition) is 7. The molecule has 2 saturated heterocycles. The van der Waals surface area contributed by atoms with Crippen molar-refractivity contribution in [1.82, 2.24) is 0 Å². The summed E-state index contributed by atoms with van der Waals surface area (Å²) in [6.45, 7) is 7.92. The Bertz CT molecular complexity index is 1260. The Hall–Kier alpha value is -3.86. The van der Waals surface area contributed by atoms with E-state index in [1.165, 1.54) is 7.11 Å². The number of nitrogens with one attached hydrogen (secondary N) is 1. The van der Waals surface area contributed by atoms with Crippen LogP contribution in [0.5, 0.6) is 5.75 Å². The van der Waals surface area contributed by atoms with Crippen LogP contribution in [-0.2, 0) is 14.9 Å². The molecular weight excluding hydrogens is 428 g/mol. The number of fused-ring (bicyclic) bond motifs is 2. The molecule has 1 N–H and O–H groups in total. The molecule has 4 rings (SSSR count). The maximum absolute atomic E-state index is 10.6. The molecule has 0 aliphatic carbocycles. The van der Waals surface area contributed by atoms with Crippen molar-refractivity contribution < 1.29 is 14.2 Å². The highest BCUT2D eigenvalue weighted by atomic mass is 16.7. The molecule has 0 saturated carbocycles. The molecular formula is C27H26N4O3. The number of methoxy groups -OCH3 is 1. The fourth-order valence-electron chi connectivity index (χ4n) is 5.31. The van der Waals surface area contributed by atoms with Crippen LogP contribution in [0.4, 0.5) is 0 Å². The zero-order valence-corrected chi connectivity index (χ0v) is 19.8. The summed E-state index contributed by atoms with van der Waals surface area (Å²) in [6.07, 6.45) is -1.12. The molecule has 2 aromatic carbocycles. The van der Waals surface area contributed by atoms with Gasteiger partial charge in [0.15, 0.2) is 5.41 Å². The lowest BCUT2D eigenvalue weighted by Crippen LogP contribution is -2.57. The lowest BCUT2D eigenvalue weighted by atomic mass is 9.52. The molecule has 2 fully saturated rings. The zero-order chi connectivity index (χ0) is 24.9. The molecule has 2 aliphatic rings. The van der Waals surface area contributed by atoms with Crippen molar-refractivity contribution >= 4 is 5.90 Å². The Morgan fingerprint density at radius 1 is 0.971 bits per heavy atom. The van der Waals surface area contributed by atoms with Crippen LogP contribution in [0.3, 0.4) is 0 Å². The zero-order valence-electron chi connectivity index (χ0n) is 19.8. The van der Waals surface area contributed by atoms with Gasteiger partial charge in [-0.05, 0) is 22.6 Å². The highest BCUT2D eigenvalue weighted by Gasteiger charge is 2.80. The second-order valence-corrected chi connectivity index (χ2v) is 9.94. The third-order valence-electron chi connectivity index (χ3n) is 7.05. The van der Waals surface area contributed by atoms with Gasteiger partial charge in [-0.3, -0.25) is 5.41 Å². The van der Waals surface area contributed by atoms with Crippen LogP contribution in [0, 0.1) is 50.2 Å². The van der Waals surface area contributed by atoms with E-state index >= 15 is 0 Å². The summed E-state index contributed by atoms with van der Waals surface area (Å²) in [4.78, 5) is 0. The van der Waals surface area contributed by atoms with Gasteiger partial charge in [0.2, 0.25) is 17.1 Å². The van der Waals surface area contributed by atoms with E-state index in [2.05, 4.69) is 39.0 Å². The standard InChI is InChI=1S/C27H26N4O3/c1-24(2,3)18-12-10-17(11-13-18)22-26(14-28,15-29)27(16-30)21(25(4,33-22)34-23(27)31)19-8-6-7-9-20(19)32-5/h6-13,21-22,31H,1-5H3. The summed E-state index contributed by atoms with van der Waals surface area (Å²) in [5, 5.41) is 40.3. The fraction of sp³-hybridized carbons (Fsp3) is 0.407. The van der Waals surface area contributed by atoms with E-state index in [0.717, 1.165) is 5.56 Å². The first-order valence-corrected chi connectivity index (χ1v) is 11.0. The Labute approximate surface area is 199 Å². The molecule has 4 atom stereocenters. The normalized spacial score (nSPS) is 29.3. The van der Waals surface area contributed by atoms with Gasteiger partial charge >= 0.3 is 0 Å². The molecule has 7 nitrogen and oxygen atoms in total. The molecule has 4 unspecified atom stereocenters. The van der Waals surface area contributed by atoms with Crippen molar-refractivity contribution in [2.75, 3.05) is 7.11 Å². The summed E-state index contributed by atoms with van der Waals surface area (Å²) in [7, 11) is 1.50. The SMILES string of the molecule is COc1ccccc1C1C2(C)OC(=N)C1(C#N)C(C#N)(C#N)C(c1ccc(C(C)(C)C)cc1)O2. The molecule has 2 aromatic rings. The van der Waals surface area contributed by atoms with Crippen molar-refractivity contribution in [1.29, 1.82) is 21.2 Å². The predicted octanol–water partition coefficient (Wildman–Crippen LogP) is 5.12. The Balaban J connectivity index is 1.99. The number of hydrogen-bond donors (Lipinski definition) is 1. The van der Waals surface area contributed by atoms with E-state index in [4.69, 9.17) is 19.6 Å². The minimum absolute atomic E-state index is 0.0907. The first-order valence-electron chi connectivity index (χ1n) is 11.0. The van der Waals surface area contributed by atoms with Crippen LogP contribution in [0.15, 0.2) is 48.5 Å². The largest absolute Gasteiger partial charge is 0.496 e. The lowest BCUT2D eigenvalue weighted by molar-refractivity contribution is -0.253. The number of benzene rings is 2. The fourth-order valence-corrected chi connectivity index (χ4v) is 5.31. The quantitative estimate of drug-likeness (QED) is 0.687. The second kappa shape index (κ2) is 7.59. The summed E-state index contributed by atoms with van der Waals surface area (Å²) < 4.78 is 17.9. The van der Waals surface area contributed by atoms with Gasteiger partial charge in [-0.15, -0.1) is 0 Å². The minimum Gasteiger partial charge on any atom is -0.496 e. The first-order chi connectivity index (χ1) is 16.0. The average Bonchev–Trinajstić information content (AvgIpc) is 3.00. The topological polar surface area (TPSA) is 123 Å². The molecule has 2 heterocycles. The smallest absolute Gasteiger partial charge is 0.219 e. The summed E-state index contributed by atoms with van der Waals surface area (Å²) >= 11 is 0. The predicted molar refractivity (Wildman–Crippen MR) is 124 cm³/mol. The van der Waals surface area contributed by atoms with Gasteiger partial charge in [-0.1, -0.05) is 63.2 Å². The van der Waals surface area contributed by atoms with Crippen LogP contribution in [-0.4, -0.2) is 18.8 Å². The monoisotopic (exact) mass is 454 g/mol. The Morgan fingerprint density at radius 3 is 2.12 bits per heavy atom. The summed E-state index contributed by atoms with van der Waals surface area (Å²) in [5.41, 5.74) is -1.89. The van der Waals surface area contributed by atoms with Gasteiger partial charge < -0.3 is 14.2 Å². The maximum atomic E-state index is 10.6. The van der Waals surface area contributed by atoms with Crippen molar-refractivity contribution in [2.45, 2.75) is 50.9 Å². The van der Waals surface area contributed by atoms with E-state index in [1.807, 2.05) is 24.3 Å². The Kier molecular flexibility index (Phi) is 5.20. The van der Waals surface area contributed by atoms with Gasteiger partial charge in [-0.25, -0.2) is 0 Å².